The van der Waals surface area contributed by atoms with E-state index in [1.807, 2.05) is 24.3 Å². The van der Waals surface area contributed by atoms with Gasteiger partial charge in [-0.1, -0.05) is 30.3 Å². The normalized spacial score (nSPS) is 12.5. The van der Waals surface area contributed by atoms with Gasteiger partial charge in [0, 0.05) is 6.07 Å². The van der Waals surface area contributed by atoms with Gasteiger partial charge >= 0.3 is 0 Å². The number of ether oxygens (including phenoxy) is 1. The molecule has 4 N–H and O–H groups in total. The summed E-state index contributed by atoms with van der Waals surface area (Å²) in [6.45, 7) is 4.09. The average molecular weight is 498 g/mol. The highest BCUT2D eigenvalue weighted by Gasteiger charge is 2.22. The van der Waals surface area contributed by atoms with Crippen molar-refractivity contribution in [2.45, 2.75) is 57.4 Å². The van der Waals surface area contributed by atoms with E-state index in [0.29, 0.717) is 31.4 Å². The van der Waals surface area contributed by atoms with Crippen LogP contribution >= 0.6 is 0 Å². The predicted octanol–water partition coefficient (Wildman–Crippen LogP) is 5.38. The summed E-state index contributed by atoms with van der Waals surface area (Å²) in [6, 6.07) is 17.7. The number of hydrogen-bond donors (Lipinski definition) is 3. The number of benzene rings is 3. The van der Waals surface area contributed by atoms with E-state index < -0.39 is 17.2 Å². The first-order valence-corrected chi connectivity index (χ1v) is 12.5. The highest BCUT2D eigenvalue weighted by molar-refractivity contribution is 5.32. The Morgan fingerprint density at radius 1 is 0.861 bits per heavy atom. The maximum absolute atomic E-state index is 14.0. The molecule has 0 saturated heterocycles. The first kappa shape index (κ1) is 27.8. The monoisotopic (exact) mass is 497 g/mol. The molecule has 0 saturated carbocycles. The lowest BCUT2D eigenvalue weighted by molar-refractivity contribution is 0.115. The summed E-state index contributed by atoms with van der Waals surface area (Å²) >= 11 is 0. The van der Waals surface area contributed by atoms with E-state index in [4.69, 9.17) is 10.5 Å². The molecule has 4 nitrogen and oxygen atoms in total. The Kier molecular flexibility index (Phi) is 9.99. The second-order valence-electron chi connectivity index (χ2n) is 9.84. The van der Waals surface area contributed by atoms with E-state index in [2.05, 4.69) is 32.0 Å². The number of hydrogen-bond acceptors (Lipinski definition) is 4. The number of aryl methyl sites for hydroxylation is 3. The van der Waals surface area contributed by atoms with E-state index in [-0.39, 0.29) is 19.1 Å². The van der Waals surface area contributed by atoms with Crippen molar-refractivity contribution in [3.05, 3.63) is 100 Å². The van der Waals surface area contributed by atoms with E-state index >= 15 is 0 Å². The molecule has 0 fully saturated rings. The second-order valence-corrected chi connectivity index (χ2v) is 9.84. The van der Waals surface area contributed by atoms with Crippen molar-refractivity contribution in [1.82, 2.24) is 0 Å². The van der Waals surface area contributed by atoms with Crippen molar-refractivity contribution >= 4 is 0 Å². The molecule has 0 spiro atoms. The van der Waals surface area contributed by atoms with Crippen LogP contribution in [0.1, 0.15) is 53.0 Å². The summed E-state index contributed by atoms with van der Waals surface area (Å²) in [7, 11) is 0. The van der Waals surface area contributed by atoms with Gasteiger partial charge in [-0.15, -0.1) is 0 Å². The van der Waals surface area contributed by atoms with Crippen LogP contribution in [0.5, 0.6) is 5.75 Å². The fourth-order valence-corrected chi connectivity index (χ4v) is 4.29. The van der Waals surface area contributed by atoms with Crippen molar-refractivity contribution in [3.8, 4) is 5.75 Å². The maximum Gasteiger partial charge on any atom is 0.126 e. The quantitative estimate of drug-likeness (QED) is 0.277. The molecular weight excluding hydrogens is 460 g/mol. The average Bonchev–Trinajstić information content (AvgIpc) is 2.86. The maximum atomic E-state index is 14.0. The molecule has 3 rings (SSSR count). The van der Waals surface area contributed by atoms with Crippen LogP contribution in [0.2, 0.25) is 0 Å². The van der Waals surface area contributed by atoms with Crippen molar-refractivity contribution in [2.75, 3.05) is 19.8 Å². The number of nitrogens with two attached hydrogens (primary N) is 1. The van der Waals surface area contributed by atoms with Gasteiger partial charge in [-0.3, -0.25) is 0 Å². The molecule has 1 unspecified atom stereocenters. The van der Waals surface area contributed by atoms with Crippen LogP contribution in [0.15, 0.2) is 60.7 Å². The Bertz CT molecular complexity index is 1090. The van der Waals surface area contributed by atoms with Crippen LogP contribution in [0.4, 0.5) is 8.78 Å². The highest BCUT2D eigenvalue weighted by Crippen LogP contribution is 2.28. The van der Waals surface area contributed by atoms with Gasteiger partial charge in [0.1, 0.15) is 17.4 Å². The third-order valence-corrected chi connectivity index (χ3v) is 6.84. The molecular formula is C30H37F2NO3. The molecule has 0 amide bonds. The third kappa shape index (κ3) is 8.12. The smallest absolute Gasteiger partial charge is 0.126 e. The lowest BCUT2D eigenvalue weighted by Crippen LogP contribution is -2.47. The fraction of sp³-hybridized carbons (Fsp3) is 0.400. The summed E-state index contributed by atoms with van der Waals surface area (Å²) in [5.74, 6) is -0.407. The zero-order valence-corrected chi connectivity index (χ0v) is 21.1. The first-order chi connectivity index (χ1) is 17.2. The van der Waals surface area contributed by atoms with Gasteiger partial charge in [-0.25, -0.2) is 8.78 Å². The third-order valence-electron chi connectivity index (χ3n) is 6.84. The van der Waals surface area contributed by atoms with Crippen LogP contribution < -0.4 is 10.5 Å². The SMILES string of the molecule is Cc1ccc(CC(CCCOc2ccc(CCC(N)(CO)CO)cc2)c2cc(F)cc(F)c2)cc1C. The topological polar surface area (TPSA) is 75.7 Å². The lowest BCUT2D eigenvalue weighted by Gasteiger charge is -2.24. The van der Waals surface area contributed by atoms with Gasteiger partial charge in [0.2, 0.25) is 0 Å². The molecule has 6 heteroatoms. The van der Waals surface area contributed by atoms with Gasteiger partial charge in [-0.05, 0) is 104 Å². The van der Waals surface area contributed by atoms with Gasteiger partial charge in [0.15, 0.2) is 0 Å². The standard InChI is InChI=1S/C30H37F2NO3/c1-21-5-6-24(14-22(21)2)15-25(26-16-27(31)18-28(32)17-26)4-3-13-36-29-9-7-23(8-10-29)11-12-30(33,19-34)20-35/h5-10,14,16-18,25,34-35H,3-4,11-13,15,19-20,33H2,1-2H3. The van der Waals surface area contributed by atoms with E-state index in [0.717, 1.165) is 35.8 Å². The summed E-state index contributed by atoms with van der Waals surface area (Å²) < 4.78 is 33.8. The number of aliphatic hydroxyl groups is 2. The summed E-state index contributed by atoms with van der Waals surface area (Å²) in [4.78, 5) is 0. The molecule has 3 aromatic rings. The van der Waals surface area contributed by atoms with Crippen LogP contribution in [0, 0.1) is 25.5 Å². The molecule has 0 aliphatic heterocycles. The van der Waals surface area contributed by atoms with Crippen molar-refractivity contribution in [2.24, 2.45) is 5.73 Å². The van der Waals surface area contributed by atoms with Gasteiger partial charge < -0.3 is 20.7 Å². The zero-order chi connectivity index (χ0) is 26.1. The van der Waals surface area contributed by atoms with Crippen LogP contribution in [-0.4, -0.2) is 35.6 Å². The van der Waals surface area contributed by atoms with Crippen molar-refractivity contribution < 1.29 is 23.7 Å². The van der Waals surface area contributed by atoms with Gasteiger partial charge in [0.05, 0.1) is 25.4 Å². The second kappa shape index (κ2) is 12.9. The van der Waals surface area contributed by atoms with E-state index in [9.17, 15) is 19.0 Å². The minimum Gasteiger partial charge on any atom is -0.494 e. The molecule has 0 aliphatic rings. The van der Waals surface area contributed by atoms with E-state index in [1.54, 1.807) is 0 Å². The first-order valence-electron chi connectivity index (χ1n) is 12.5. The molecule has 3 aromatic carbocycles. The zero-order valence-electron chi connectivity index (χ0n) is 21.1. The molecule has 0 radical (unpaired) electrons. The van der Waals surface area contributed by atoms with Crippen molar-refractivity contribution in [3.63, 3.8) is 0 Å². The molecule has 0 heterocycles. The largest absolute Gasteiger partial charge is 0.494 e. The van der Waals surface area contributed by atoms with E-state index in [1.165, 1.54) is 23.3 Å². The lowest BCUT2D eigenvalue weighted by atomic mass is 9.87. The Morgan fingerprint density at radius 3 is 2.11 bits per heavy atom. The van der Waals surface area contributed by atoms with Gasteiger partial charge in [-0.2, -0.15) is 0 Å². The minimum absolute atomic E-state index is 0.0298. The molecule has 194 valence electrons. The fourth-order valence-electron chi connectivity index (χ4n) is 4.29. The highest BCUT2D eigenvalue weighted by atomic mass is 19.1. The Labute approximate surface area is 212 Å². The van der Waals surface area contributed by atoms with Crippen LogP contribution in [0.25, 0.3) is 0 Å². The number of rotatable bonds is 13. The predicted molar refractivity (Wildman–Crippen MR) is 139 cm³/mol. The Hall–Kier alpha value is -2.80. The van der Waals surface area contributed by atoms with Crippen LogP contribution in [0.3, 0.4) is 0 Å². The number of aliphatic hydroxyl groups excluding tert-OH is 2. The minimum atomic E-state index is -0.979. The summed E-state index contributed by atoms with van der Waals surface area (Å²) in [5.41, 5.74) is 10.2. The molecule has 0 aliphatic carbocycles. The number of halogens is 2. The summed E-state index contributed by atoms with van der Waals surface area (Å²) in [6.07, 6.45) is 3.28. The Balaban J connectivity index is 1.58. The molecule has 1 atom stereocenters. The molecule has 0 aromatic heterocycles. The van der Waals surface area contributed by atoms with Crippen molar-refractivity contribution in [1.29, 1.82) is 0 Å². The van der Waals surface area contributed by atoms with Gasteiger partial charge in [0.25, 0.3) is 0 Å². The summed E-state index contributed by atoms with van der Waals surface area (Å²) in [5, 5.41) is 18.7. The van der Waals surface area contributed by atoms with Crippen LogP contribution in [-0.2, 0) is 12.8 Å². The Morgan fingerprint density at radius 2 is 1.50 bits per heavy atom. The molecule has 36 heavy (non-hydrogen) atoms. The molecule has 0 bridgehead atoms.